The number of ether oxygens (including phenoxy) is 1. The SMILES string of the molecule is CCN(CC)S(=O)(=O)c1ccc(/C=C/C(=O)Oc2ccc(NC(C)=O)cc2)cc1. The zero-order chi connectivity index (χ0) is 21.4. The molecule has 0 atom stereocenters. The van der Waals surface area contributed by atoms with Crippen LogP contribution in [0.3, 0.4) is 0 Å². The predicted molar refractivity (Wildman–Crippen MR) is 112 cm³/mol. The van der Waals surface area contributed by atoms with Gasteiger partial charge in [0.15, 0.2) is 0 Å². The van der Waals surface area contributed by atoms with Gasteiger partial charge in [-0.3, -0.25) is 4.79 Å². The van der Waals surface area contributed by atoms with E-state index in [1.165, 1.54) is 29.4 Å². The number of sulfonamides is 1. The molecule has 0 unspecified atom stereocenters. The fourth-order valence-corrected chi connectivity index (χ4v) is 4.05. The van der Waals surface area contributed by atoms with Crippen molar-refractivity contribution in [3.8, 4) is 5.75 Å². The van der Waals surface area contributed by atoms with E-state index in [1.54, 1.807) is 56.3 Å². The quantitative estimate of drug-likeness (QED) is 0.405. The van der Waals surface area contributed by atoms with Crippen LogP contribution in [0.25, 0.3) is 6.08 Å². The van der Waals surface area contributed by atoms with Crippen molar-refractivity contribution in [2.45, 2.75) is 25.7 Å². The third kappa shape index (κ3) is 6.27. The third-order valence-electron chi connectivity index (χ3n) is 4.03. The Hall–Kier alpha value is -2.97. The summed E-state index contributed by atoms with van der Waals surface area (Å²) in [5.74, 6) is -0.417. The van der Waals surface area contributed by atoms with Crippen molar-refractivity contribution in [1.29, 1.82) is 0 Å². The van der Waals surface area contributed by atoms with E-state index in [0.717, 1.165) is 0 Å². The normalized spacial score (nSPS) is 11.6. The number of amides is 1. The molecular weight excluding hydrogens is 392 g/mol. The van der Waals surface area contributed by atoms with Crippen LogP contribution in [-0.4, -0.2) is 37.7 Å². The van der Waals surface area contributed by atoms with E-state index in [0.29, 0.717) is 30.1 Å². The summed E-state index contributed by atoms with van der Waals surface area (Å²) in [5, 5.41) is 2.62. The fourth-order valence-electron chi connectivity index (χ4n) is 2.59. The number of esters is 1. The lowest BCUT2D eigenvalue weighted by Gasteiger charge is -2.18. The number of carbonyl (C=O) groups is 2. The number of hydrogen-bond acceptors (Lipinski definition) is 5. The van der Waals surface area contributed by atoms with Gasteiger partial charge in [0.05, 0.1) is 4.90 Å². The van der Waals surface area contributed by atoms with Crippen LogP contribution in [0.2, 0.25) is 0 Å². The van der Waals surface area contributed by atoms with Gasteiger partial charge in [-0.25, -0.2) is 13.2 Å². The fraction of sp³-hybridized carbons (Fsp3) is 0.238. The maximum absolute atomic E-state index is 12.5. The minimum atomic E-state index is -3.51. The highest BCUT2D eigenvalue weighted by Crippen LogP contribution is 2.18. The molecule has 8 heteroatoms. The summed E-state index contributed by atoms with van der Waals surface area (Å²) in [6, 6.07) is 12.7. The number of carbonyl (C=O) groups excluding carboxylic acids is 2. The van der Waals surface area contributed by atoms with Crippen LogP contribution in [0.1, 0.15) is 26.3 Å². The number of benzene rings is 2. The molecule has 0 aromatic heterocycles. The zero-order valence-electron chi connectivity index (χ0n) is 16.6. The Kier molecular flexibility index (Phi) is 7.69. The molecule has 0 saturated carbocycles. The minimum absolute atomic E-state index is 0.186. The topological polar surface area (TPSA) is 92.8 Å². The summed E-state index contributed by atoms with van der Waals surface area (Å²) >= 11 is 0. The average Bonchev–Trinajstić information content (AvgIpc) is 2.68. The van der Waals surface area contributed by atoms with E-state index in [2.05, 4.69) is 5.32 Å². The van der Waals surface area contributed by atoms with E-state index in [1.807, 2.05) is 0 Å². The zero-order valence-corrected chi connectivity index (χ0v) is 17.4. The molecule has 0 heterocycles. The Balaban J connectivity index is 2.00. The Labute approximate surface area is 171 Å². The van der Waals surface area contributed by atoms with Crippen LogP contribution in [-0.2, 0) is 19.6 Å². The van der Waals surface area contributed by atoms with E-state index >= 15 is 0 Å². The lowest BCUT2D eigenvalue weighted by atomic mass is 10.2. The van der Waals surface area contributed by atoms with Gasteiger partial charge in [-0.2, -0.15) is 4.31 Å². The van der Waals surface area contributed by atoms with Gasteiger partial charge >= 0.3 is 5.97 Å². The van der Waals surface area contributed by atoms with Gasteiger partial charge < -0.3 is 10.1 Å². The maximum atomic E-state index is 12.5. The second kappa shape index (κ2) is 9.99. The Morgan fingerprint density at radius 3 is 2.10 bits per heavy atom. The summed E-state index contributed by atoms with van der Waals surface area (Å²) in [4.78, 5) is 23.2. The maximum Gasteiger partial charge on any atom is 0.336 e. The molecule has 1 N–H and O–H groups in total. The number of anilines is 1. The first-order valence-electron chi connectivity index (χ1n) is 9.14. The average molecular weight is 416 g/mol. The summed E-state index contributed by atoms with van der Waals surface area (Å²) in [6.45, 7) is 5.79. The lowest BCUT2D eigenvalue weighted by Crippen LogP contribution is -2.30. The molecular formula is C21H24N2O5S. The van der Waals surface area contributed by atoms with E-state index in [-0.39, 0.29) is 10.8 Å². The first-order chi connectivity index (χ1) is 13.8. The molecule has 7 nitrogen and oxygen atoms in total. The molecule has 1 amide bonds. The highest BCUT2D eigenvalue weighted by molar-refractivity contribution is 7.89. The molecule has 0 radical (unpaired) electrons. The predicted octanol–water partition coefficient (Wildman–Crippen LogP) is 3.29. The van der Waals surface area contributed by atoms with Crippen LogP contribution in [0.5, 0.6) is 5.75 Å². The lowest BCUT2D eigenvalue weighted by molar-refractivity contribution is -0.128. The molecule has 0 aliphatic carbocycles. The summed E-state index contributed by atoms with van der Waals surface area (Å²) < 4.78 is 31.5. The van der Waals surface area contributed by atoms with Crippen LogP contribution in [0, 0.1) is 0 Å². The molecule has 29 heavy (non-hydrogen) atoms. The summed E-state index contributed by atoms with van der Waals surface area (Å²) in [5.41, 5.74) is 1.27. The molecule has 0 spiro atoms. The van der Waals surface area contributed by atoms with Crippen molar-refractivity contribution < 1.29 is 22.7 Å². The number of rotatable bonds is 8. The number of hydrogen-bond donors (Lipinski definition) is 1. The molecule has 2 aromatic rings. The number of nitrogens with zero attached hydrogens (tertiary/aromatic N) is 1. The summed E-state index contributed by atoms with van der Waals surface area (Å²) in [6.07, 6.45) is 2.80. The minimum Gasteiger partial charge on any atom is -0.423 e. The Bertz CT molecular complexity index is 977. The van der Waals surface area contributed by atoms with Crippen LogP contribution in [0.4, 0.5) is 5.69 Å². The smallest absolute Gasteiger partial charge is 0.336 e. The largest absolute Gasteiger partial charge is 0.423 e. The van der Waals surface area contributed by atoms with E-state index < -0.39 is 16.0 Å². The van der Waals surface area contributed by atoms with Crippen LogP contribution < -0.4 is 10.1 Å². The van der Waals surface area contributed by atoms with Gasteiger partial charge in [0, 0.05) is 31.8 Å². The van der Waals surface area contributed by atoms with Crippen molar-refractivity contribution in [3.05, 3.63) is 60.2 Å². The van der Waals surface area contributed by atoms with Crippen molar-refractivity contribution in [2.24, 2.45) is 0 Å². The van der Waals surface area contributed by atoms with Gasteiger partial charge in [0.2, 0.25) is 15.9 Å². The Morgan fingerprint density at radius 2 is 1.59 bits per heavy atom. The van der Waals surface area contributed by atoms with Crippen LogP contribution in [0.15, 0.2) is 59.5 Å². The van der Waals surface area contributed by atoms with E-state index in [4.69, 9.17) is 4.74 Å². The molecule has 2 rings (SSSR count). The highest BCUT2D eigenvalue weighted by atomic mass is 32.2. The monoisotopic (exact) mass is 416 g/mol. The second-order valence-corrected chi connectivity index (χ2v) is 8.06. The third-order valence-corrected chi connectivity index (χ3v) is 6.09. The van der Waals surface area contributed by atoms with Gasteiger partial charge in [0.25, 0.3) is 0 Å². The molecule has 0 saturated heterocycles. The highest BCUT2D eigenvalue weighted by Gasteiger charge is 2.20. The first-order valence-corrected chi connectivity index (χ1v) is 10.6. The van der Waals surface area contributed by atoms with Crippen molar-refractivity contribution in [2.75, 3.05) is 18.4 Å². The van der Waals surface area contributed by atoms with Gasteiger partial charge in [-0.15, -0.1) is 0 Å². The standard InChI is InChI=1S/C21H24N2O5S/c1-4-23(5-2)29(26,27)20-13-6-17(7-14-20)8-15-21(25)28-19-11-9-18(10-12-19)22-16(3)24/h6-15H,4-5H2,1-3H3,(H,22,24)/b15-8+. The molecule has 154 valence electrons. The molecule has 0 bridgehead atoms. The molecule has 0 aliphatic rings. The van der Waals surface area contributed by atoms with Crippen LogP contribution >= 0.6 is 0 Å². The first kappa shape index (κ1) is 22.3. The van der Waals surface area contributed by atoms with Crippen molar-refractivity contribution in [1.82, 2.24) is 4.31 Å². The van der Waals surface area contributed by atoms with Crippen molar-refractivity contribution in [3.63, 3.8) is 0 Å². The molecule has 0 aliphatic heterocycles. The van der Waals surface area contributed by atoms with E-state index in [9.17, 15) is 18.0 Å². The molecule has 0 fully saturated rings. The van der Waals surface area contributed by atoms with Crippen molar-refractivity contribution >= 4 is 33.7 Å². The summed E-state index contributed by atoms with van der Waals surface area (Å²) in [7, 11) is -3.51. The van der Waals surface area contributed by atoms with Gasteiger partial charge in [0.1, 0.15) is 5.75 Å². The number of nitrogens with one attached hydrogen (secondary N) is 1. The molecule has 2 aromatic carbocycles. The van der Waals surface area contributed by atoms with Gasteiger partial charge in [-0.1, -0.05) is 26.0 Å². The Morgan fingerprint density at radius 1 is 1.00 bits per heavy atom. The second-order valence-electron chi connectivity index (χ2n) is 6.12. The van der Waals surface area contributed by atoms with Gasteiger partial charge in [-0.05, 0) is 48.0 Å².